The van der Waals surface area contributed by atoms with Gasteiger partial charge in [0.25, 0.3) is 0 Å². The Labute approximate surface area is 176 Å². The summed E-state index contributed by atoms with van der Waals surface area (Å²) in [4.78, 5) is 0. The van der Waals surface area contributed by atoms with Gasteiger partial charge in [0.15, 0.2) is 0 Å². The van der Waals surface area contributed by atoms with Gasteiger partial charge >= 0.3 is 177 Å². The van der Waals surface area contributed by atoms with Gasteiger partial charge in [-0.3, -0.25) is 0 Å². The van der Waals surface area contributed by atoms with Crippen molar-refractivity contribution < 1.29 is 22.9 Å². The molecule has 27 heavy (non-hydrogen) atoms. The minimum atomic E-state index is -0.987. The van der Waals surface area contributed by atoms with Crippen molar-refractivity contribution in [1.29, 1.82) is 0 Å². The Morgan fingerprint density at radius 2 is 1.07 bits per heavy atom. The summed E-state index contributed by atoms with van der Waals surface area (Å²) in [6.07, 6.45) is 5.00. The van der Waals surface area contributed by atoms with Crippen molar-refractivity contribution in [2.45, 2.75) is 60.7 Å². The maximum absolute atomic E-state index is 2.50. The summed E-state index contributed by atoms with van der Waals surface area (Å²) in [6, 6.07) is 14.1. The van der Waals surface area contributed by atoms with Gasteiger partial charge in [-0.1, -0.05) is 0 Å². The van der Waals surface area contributed by atoms with Crippen LogP contribution in [0.3, 0.4) is 0 Å². The number of fused-ring (bicyclic) bond motifs is 2. The van der Waals surface area contributed by atoms with Gasteiger partial charge in [-0.15, -0.1) is 0 Å². The van der Waals surface area contributed by atoms with E-state index in [0.29, 0.717) is 11.8 Å². The van der Waals surface area contributed by atoms with Gasteiger partial charge in [-0.2, -0.15) is 0 Å². The Hall–Kier alpha value is -1.21. The van der Waals surface area contributed by atoms with Gasteiger partial charge in [0.2, 0.25) is 0 Å². The predicted molar refractivity (Wildman–Crippen MR) is 114 cm³/mol. The summed E-state index contributed by atoms with van der Waals surface area (Å²) >= 11 is -0.987. The van der Waals surface area contributed by atoms with E-state index in [2.05, 4.69) is 90.1 Å². The molecular weight excluding hydrogens is 491 g/mol. The van der Waals surface area contributed by atoms with E-state index in [1.165, 1.54) is 11.1 Å². The van der Waals surface area contributed by atoms with Crippen molar-refractivity contribution in [3.05, 3.63) is 80.9 Å². The number of hydrogen-bond donors (Lipinski definition) is 0. The molecule has 0 radical (unpaired) electrons. The molecule has 2 aromatic rings. The molecule has 0 N–H and O–H groups in total. The van der Waals surface area contributed by atoms with Crippen LogP contribution in [0.5, 0.6) is 0 Å². The van der Waals surface area contributed by atoms with E-state index in [0.717, 1.165) is 7.35 Å². The standard InChI is InChI=1S/2C13H15.Hf/c2*1-9(2)12-6-4-5-11-7-10(3)8-13(11)12;/h2*4-9H,1-3H3;. The van der Waals surface area contributed by atoms with E-state index in [1.807, 2.05) is 0 Å². The summed E-state index contributed by atoms with van der Waals surface area (Å²) < 4.78 is 1.47. The Morgan fingerprint density at radius 3 is 1.44 bits per heavy atom. The fraction of sp³-hybridized carbons (Fsp3) is 0.385. The zero-order chi connectivity index (χ0) is 19.3. The van der Waals surface area contributed by atoms with Crippen molar-refractivity contribution in [3.8, 4) is 0 Å². The van der Waals surface area contributed by atoms with Crippen molar-refractivity contribution in [2.75, 3.05) is 0 Å². The summed E-state index contributed by atoms with van der Waals surface area (Å²) in [5.41, 5.74) is 12.6. The molecule has 4 rings (SSSR count). The number of rotatable bonds is 4. The molecule has 0 fully saturated rings. The van der Waals surface area contributed by atoms with E-state index >= 15 is 0 Å². The van der Waals surface area contributed by atoms with E-state index < -0.39 is 22.9 Å². The molecule has 0 saturated heterocycles. The van der Waals surface area contributed by atoms with E-state index in [1.54, 1.807) is 33.4 Å². The second kappa shape index (κ2) is 7.32. The molecule has 0 spiro atoms. The molecule has 0 bridgehead atoms. The molecule has 138 valence electrons. The number of hydrogen-bond acceptors (Lipinski definition) is 0. The van der Waals surface area contributed by atoms with Crippen LogP contribution in [0, 0.1) is 0 Å². The van der Waals surface area contributed by atoms with Crippen LogP contribution in [-0.4, -0.2) is 0 Å². The molecule has 0 saturated carbocycles. The van der Waals surface area contributed by atoms with Crippen LogP contribution in [-0.2, 0) is 22.9 Å². The van der Waals surface area contributed by atoms with Crippen molar-refractivity contribution >= 4 is 12.2 Å². The molecule has 0 aromatic heterocycles. The first-order valence-corrected chi connectivity index (χ1v) is 14.4. The van der Waals surface area contributed by atoms with Crippen LogP contribution in [0.4, 0.5) is 0 Å². The van der Waals surface area contributed by atoms with Crippen LogP contribution in [0.1, 0.15) is 94.1 Å². The third-order valence-electron chi connectivity index (χ3n) is 6.20. The first-order valence-electron chi connectivity index (χ1n) is 10.3. The van der Waals surface area contributed by atoms with Gasteiger partial charge in [0, 0.05) is 0 Å². The normalized spacial score (nSPS) is 20.6. The Bertz CT molecular complexity index is 865. The maximum atomic E-state index is 2.50. The van der Waals surface area contributed by atoms with Gasteiger partial charge in [0.05, 0.1) is 0 Å². The van der Waals surface area contributed by atoms with Crippen LogP contribution >= 0.6 is 0 Å². The zero-order valence-electron chi connectivity index (χ0n) is 17.4. The SMILES string of the molecule is CC1=Cc2c(C(C)C)cccc2[CH]1[Hf][CH]1C(C)=Cc2c(C(C)C)cccc21. The Morgan fingerprint density at radius 1 is 0.667 bits per heavy atom. The summed E-state index contributed by atoms with van der Waals surface area (Å²) in [5.74, 6) is 1.19. The third-order valence-corrected chi connectivity index (χ3v) is 14.1. The fourth-order valence-electron chi connectivity index (χ4n) is 4.77. The molecule has 2 atom stereocenters. The molecule has 0 aliphatic heterocycles. The van der Waals surface area contributed by atoms with Crippen molar-refractivity contribution in [2.24, 2.45) is 0 Å². The van der Waals surface area contributed by atoms with E-state index in [-0.39, 0.29) is 0 Å². The Balaban J connectivity index is 1.71. The molecule has 1 heteroatoms. The molecule has 2 aliphatic carbocycles. The number of allylic oxidation sites excluding steroid dienone is 2. The van der Waals surface area contributed by atoms with Crippen LogP contribution in [0.2, 0.25) is 0 Å². The first kappa shape index (κ1) is 19.1. The second-order valence-corrected chi connectivity index (χ2v) is 14.2. The summed E-state index contributed by atoms with van der Waals surface area (Å²) in [7, 11) is 0. The minimum absolute atomic E-state index is 0.596. The third kappa shape index (κ3) is 3.27. The number of benzene rings is 2. The van der Waals surface area contributed by atoms with E-state index in [4.69, 9.17) is 0 Å². The molecule has 0 nitrogen and oxygen atoms in total. The van der Waals surface area contributed by atoms with Gasteiger partial charge in [0.1, 0.15) is 0 Å². The summed E-state index contributed by atoms with van der Waals surface area (Å²) in [5, 5.41) is 0. The fourth-order valence-corrected chi connectivity index (χ4v) is 11.6. The second-order valence-electron chi connectivity index (χ2n) is 8.82. The molecule has 0 heterocycles. The molecule has 2 aromatic carbocycles. The average Bonchev–Trinajstić information content (AvgIpc) is 3.11. The van der Waals surface area contributed by atoms with Crippen LogP contribution < -0.4 is 0 Å². The van der Waals surface area contributed by atoms with Crippen molar-refractivity contribution in [3.63, 3.8) is 0 Å². The van der Waals surface area contributed by atoms with Gasteiger partial charge < -0.3 is 0 Å². The van der Waals surface area contributed by atoms with Crippen LogP contribution in [0.15, 0.2) is 47.5 Å². The molecule has 2 unspecified atom stereocenters. The van der Waals surface area contributed by atoms with Gasteiger partial charge in [-0.25, -0.2) is 0 Å². The monoisotopic (exact) mass is 522 g/mol. The summed E-state index contributed by atoms with van der Waals surface area (Å²) in [6.45, 7) is 14.0. The molecule has 2 aliphatic rings. The first-order chi connectivity index (χ1) is 12.9. The van der Waals surface area contributed by atoms with Crippen molar-refractivity contribution in [1.82, 2.24) is 0 Å². The van der Waals surface area contributed by atoms with Gasteiger partial charge in [-0.05, 0) is 0 Å². The Kier molecular flexibility index (Phi) is 5.18. The zero-order valence-corrected chi connectivity index (χ0v) is 21.0. The van der Waals surface area contributed by atoms with Crippen LogP contribution in [0.25, 0.3) is 12.2 Å². The predicted octanol–water partition coefficient (Wildman–Crippen LogP) is 7.63. The topological polar surface area (TPSA) is 0 Å². The quantitative estimate of drug-likeness (QED) is 0.363. The molecule has 0 amide bonds. The average molecular weight is 521 g/mol. The van der Waals surface area contributed by atoms with E-state index in [9.17, 15) is 0 Å². The molecular formula is C26H30Hf.